The summed E-state index contributed by atoms with van der Waals surface area (Å²) < 4.78 is 4.67. The van der Waals surface area contributed by atoms with E-state index in [0.29, 0.717) is 10.7 Å². The molecule has 0 radical (unpaired) electrons. The topological polar surface area (TPSA) is 39.2 Å². The third kappa shape index (κ3) is 1.48. The molecule has 0 amide bonds. The first kappa shape index (κ1) is 9.80. The van der Waals surface area contributed by atoms with E-state index in [1.165, 1.54) is 13.3 Å². The minimum Gasteiger partial charge on any atom is -0.465 e. The lowest BCUT2D eigenvalue weighted by Crippen LogP contribution is -2.04. The summed E-state index contributed by atoms with van der Waals surface area (Å²) >= 11 is 7.54. The molecule has 0 fully saturated rings. The molecule has 0 atom stereocenters. The van der Waals surface area contributed by atoms with Crippen LogP contribution in [0.5, 0.6) is 0 Å². The smallest absolute Gasteiger partial charge is 0.340 e. The predicted molar refractivity (Wildman–Crippen MR) is 55.0 cm³/mol. The molecule has 2 heterocycles. The number of aromatic nitrogens is 1. The van der Waals surface area contributed by atoms with Crippen molar-refractivity contribution in [2.75, 3.05) is 12.9 Å². The van der Waals surface area contributed by atoms with E-state index in [1.54, 1.807) is 11.8 Å². The van der Waals surface area contributed by atoms with Gasteiger partial charge in [0.1, 0.15) is 5.15 Å². The van der Waals surface area contributed by atoms with E-state index in [4.69, 9.17) is 11.6 Å². The normalized spacial score (nSPS) is 13.9. The molecular formula is C9H8ClNO2S. The quantitative estimate of drug-likeness (QED) is 0.547. The number of carbonyl (C=O) groups excluding carboxylic acids is 1. The Bertz CT molecular complexity index is 395. The van der Waals surface area contributed by atoms with Gasteiger partial charge in [0.2, 0.25) is 0 Å². The van der Waals surface area contributed by atoms with Gasteiger partial charge in [-0.2, -0.15) is 0 Å². The van der Waals surface area contributed by atoms with Crippen LogP contribution in [0.1, 0.15) is 15.9 Å². The molecule has 3 nitrogen and oxygen atoms in total. The van der Waals surface area contributed by atoms with Crippen molar-refractivity contribution >= 4 is 29.3 Å². The maximum atomic E-state index is 11.4. The van der Waals surface area contributed by atoms with Gasteiger partial charge in [0, 0.05) is 22.4 Å². The molecule has 1 aliphatic rings. The monoisotopic (exact) mass is 229 g/mol. The van der Waals surface area contributed by atoms with Gasteiger partial charge in [0.05, 0.1) is 12.7 Å². The van der Waals surface area contributed by atoms with Gasteiger partial charge in [-0.1, -0.05) is 11.6 Å². The van der Waals surface area contributed by atoms with E-state index in [-0.39, 0.29) is 5.97 Å². The number of hydrogen-bond donors (Lipinski definition) is 0. The first-order valence-electron chi connectivity index (χ1n) is 4.12. The van der Waals surface area contributed by atoms with Crippen molar-refractivity contribution in [1.29, 1.82) is 0 Å². The molecule has 0 N–H and O–H groups in total. The summed E-state index contributed by atoms with van der Waals surface area (Å²) in [5, 5.41) is 0.498. The molecule has 1 aliphatic heterocycles. The lowest BCUT2D eigenvalue weighted by Gasteiger charge is -2.05. The van der Waals surface area contributed by atoms with E-state index in [9.17, 15) is 4.79 Å². The Morgan fingerprint density at radius 3 is 3.21 bits per heavy atom. The Kier molecular flexibility index (Phi) is 2.65. The third-order valence-electron chi connectivity index (χ3n) is 2.08. The number of ether oxygens (including phenoxy) is 1. The summed E-state index contributed by atoms with van der Waals surface area (Å²) in [5.74, 6) is 0.602. The number of halogens is 1. The summed E-state index contributed by atoms with van der Waals surface area (Å²) in [6, 6.07) is 0. The van der Waals surface area contributed by atoms with Gasteiger partial charge in [0.25, 0.3) is 0 Å². The highest BCUT2D eigenvalue weighted by Gasteiger charge is 2.23. The predicted octanol–water partition coefficient (Wildman–Crippen LogP) is 2.17. The first-order chi connectivity index (χ1) is 6.74. The second kappa shape index (κ2) is 3.79. The fraction of sp³-hybridized carbons (Fsp3) is 0.333. The highest BCUT2D eigenvalue weighted by atomic mass is 35.5. The number of thioether (sulfide) groups is 1. The number of esters is 1. The van der Waals surface area contributed by atoms with Crippen molar-refractivity contribution in [3.63, 3.8) is 0 Å². The van der Waals surface area contributed by atoms with Gasteiger partial charge in [-0.25, -0.2) is 9.78 Å². The molecule has 2 rings (SSSR count). The van der Waals surface area contributed by atoms with Crippen molar-refractivity contribution in [1.82, 2.24) is 4.98 Å². The van der Waals surface area contributed by atoms with Crippen LogP contribution in [0.15, 0.2) is 11.1 Å². The van der Waals surface area contributed by atoms with Crippen LogP contribution < -0.4 is 0 Å². The average molecular weight is 230 g/mol. The minimum atomic E-state index is -0.347. The Balaban J connectivity index is 2.53. The summed E-state index contributed by atoms with van der Waals surface area (Å²) in [5.41, 5.74) is 1.49. The van der Waals surface area contributed by atoms with E-state index in [2.05, 4.69) is 9.72 Å². The molecule has 0 saturated heterocycles. The van der Waals surface area contributed by atoms with Gasteiger partial charge < -0.3 is 4.74 Å². The molecule has 0 saturated carbocycles. The number of rotatable bonds is 1. The van der Waals surface area contributed by atoms with Crippen molar-refractivity contribution < 1.29 is 9.53 Å². The van der Waals surface area contributed by atoms with Gasteiger partial charge in [-0.15, -0.1) is 11.8 Å². The largest absolute Gasteiger partial charge is 0.465 e. The summed E-state index contributed by atoms with van der Waals surface area (Å²) in [6.07, 6.45) is 2.35. The van der Waals surface area contributed by atoms with Gasteiger partial charge in [-0.3, -0.25) is 0 Å². The average Bonchev–Trinajstić information content (AvgIpc) is 2.67. The SMILES string of the molecule is COC(=O)c1cnc(Cl)c2c1SCC2. The maximum Gasteiger partial charge on any atom is 0.340 e. The summed E-state index contributed by atoms with van der Waals surface area (Å²) in [7, 11) is 1.36. The first-order valence-corrected chi connectivity index (χ1v) is 5.49. The second-order valence-corrected chi connectivity index (χ2v) is 4.32. The Morgan fingerprint density at radius 2 is 2.50 bits per heavy atom. The number of pyridine rings is 1. The minimum absolute atomic E-state index is 0.347. The molecule has 0 unspecified atom stereocenters. The fourth-order valence-electron chi connectivity index (χ4n) is 1.41. The second-order valence-electron chi connectivity index (χ2n) is 2.86. The number of methoxy groups -OCH3 is 1. The molecule has 74 valence electrons. The molecule has 0 spiro atoms. The molecule has 5 heteroatoms. The van der Waals surface area contributed by atoms with Crippen LogP contribution in [0, 0.1) is 0 Å². The van der Waals surface area contributed by atoms with Gasteiger partial charge >= 0.3 is 5.97 Å². The highest BCUT2D eigenvalue weighted by Crippen LogP contribution is 2.37. The van der Waals surface area contributed by atoms with E-state index >= 15 is 0 Å². The summed E-state index contributed by atoms with van der Waals surface area (Å²) in [6.45, 7) is 0. The number of carbonyl (C=O) groups is 1. The molecule has 0 bridgehead atoms. The molecule has 0 aromatic carbocycles. The lowest BCUT2D eigenvalue weighted by atomic mass is 10.1. The molecule has 1 aromatic heterocycles. The van der Waals surface area contributed by atoms with Gasteiger partial charge in [0.15, 0.2) is 0 Å². The number of nitrogens with zero attached hydrogens (tertiary/aromatic N) is 1. The van der Waals surface area contributed by atoms with E-state index in [0.717, 1.165) is 22.6 Å². The Hall–Kier alpha value is -0.740. The van der Waals surface area contributed by atoms with Crippen LogP contribution in [0.3, 0.4) is 0 Å². The number of fused-ring (bicyclic) bond motifs is 1. The fourth-order valence-corrected chi connectivity index (χ4v) is 2.87. The van der Waals surface area contributed by atoms with Crippen molar-refractivity contribution in [3.05, 3.63) is 22.5 Å². The van der Waals surface area contributed by atoms with Crippen LogP contribution in [-0.4, -0.2) is 23.8 Å². The van der Waals surface area contributed by atoms with Gasteiger partial charge in [-0.05, 0) is 6.42 Å². The maximum absolute atomic E-state index is 11.4. The Morgan fingerprint density at radius 1 is 1.71 bits per heavy atom. The molecule has 0 aliphatic carbocycles. The molecular weight excluding hydrogens is 222 g/mol. The zero-order valence-electron chi connectivity index (χ0n) is 7.54. The van der Waals surface area contributed by atoms with Crippen molar-refractivity contribution in [2.24, 2.45) is 0 Å². The zero-order valence-corrected chi connectivity index (χ0v) is 9.11. The summed E-state index contributed by atoms with van der Waals surface area (Å²) in [4.78, 5) is 16.3. The number of hydrogen-bond acceptors (Lipinski definition) is 4. The van der Waals surface area contributed by atoms with E-state index in [1.807, 2.05) is 0 Å². The molecule has 14 heavy (non-hydrogen) atoms. The van der Waals surface area contributed by atoms with Crippen LogP contribution >= 0.6 is 23.4 Å². The lowest BCUT2D eigenvalue weighted by molar-refractivity contribution is 0.0596. The van der Waals surface area contributed by atoms with E-state index < -0.39 is 0 Å². The van der Waals surface area contributed by atoms with Crippen LogP contribution in [-0.2, 0) is 11.2 Å². The highest BCUT2D eigenvalue weighted by molar-refractivity contribution is 7.99. The molecule has 1 aromatic rings. The Labute approximate surface area is 90.8 Å². The van der Waals surface area contributed by atoms with Crippen LogP contribution in [0.2, 0.25) is 5.15 Å². The van der Waals surface area contributed by atoms with Crippen molar-refractivity contribution in [2.45, 2.75) is 11.3 Å². The standard InChI is InChI=1S/C9H8ClNO2S/c1-13-9(12)6-4-11-8(10)5-2-3-14-7(5)6/h4H,2-3H2,1H3. The third-order valence-corrected chi connectivity index (χ3v) is 3.57. The van der Waals surface area contributed by atoms with Crippen molar-refractivity contribution in [3.8, 4) is 0 Å². The van der Waals surface area contributed by atoms with Crippen LogP contribution in [0.4, 0.5) is 0 Å². The van der Waals surface area contributed by atoms with Crippen LogP contribution in [0.25, 0.3) is 0 Å². The zero-order chi connectivity index (χ0) is 10.1.